The van der Waals surface area contributed by atoms with Crippen LogP contribution in [0.2, 0.25) is 0 Å². The van der Waals surface area contributed by atoms with Crippen molar-refractivity contribution in [1.82, 2.24) is 14.5 Å². The van der Waals surface area contributed by atoms with Gasteiger partial charge in [-0.3, -0.25) is 0 Å². The predicted molar refractivity (Wildman–Crippen MR) is 128 cm³/mol. The first kappa shape index (κ1) is 22.9. The summed E-state index contributed by atoms with van der Waals surface area (Å²) in [7, 11) is -3.46. The molecule has 0 aliphatic carbocycles. The van der Waals surface area contributed by atoms with Crippen molar-refractivity contribution in [3.05, 3.63) is 90.4 Å². The summed E-state index contributed by atoms with van der Waals surface area (Å²) >= 11 is 0. The minimum absolute atomic E-state index is 0.179. The zero-order valence-corrected chi connectivity index (χ0v) is 19.3. The maximum Gasteiger partial charge on any atom is 0.214 e. The standard InChI is InChI=1S/C25H26FN3O3S/c1-18(2)33(30,31)28-22(14-19-6-4-3-5-7-19)17-32-24-12-13-25-20(15-24)16-27-29(25)23-10-8-21(26)9-11-23/h3-13,15-16,18,22,28H,14,17H2,1-2H3. The Bertz CT molecular complexity index is 1320. The van der Waals surface area contributed by atoms with Crippen molar-refractivity contribution in [3.63, 3.8) is 0 Å². The van der Waals surface area contributed by atoms with Crippen LogP contribution in [0.5, 0.6) is 5.75 Å². The van der Waals surface area contributed by atoms with E-state index in [2.05, 4.69) is 9.82 Å². The SMILES string of the molecule is CC(C)S(=O)(=O)NC(COc1ccc2c(cnn2-c2ccc(F)cc2)c1)Cc1ccccc1. The number of hydrogen-bond acceptors (Lipinski definition) is 4. The molecule has 172 valence electrons. The molecule has 1 atom stereocenters. The van der Waals surface area contributed by atoms with E-state index in [0.29, 0.717) is 12.2 Å². The molecule has 1 heterocycles. The molecule has 1 N–H and O–H groups in total. The molecule has 1 unspecified atom stereocenters. The van der Waals surface area contributed by atoms with Crippen molar-refractivity contribution in [3.8, 4) is 11.4 Å². The van der Waals surface area contributed by atoms with Crippen LogP contribution in [0.25, 0.3) is 16.6 Å². The van der Waals surface area contributed by atoms with Gasteiger partial charge < -0.3 is 4.74 Å². The summed E-state index contributed by atoms with van der Waals surface area (Å²) in [5.74, 6) is 0.312. The molecule has 33 heavy (non-hydrogen) atoms. The van der Waals surface area contributed by atoms with Crippen LogP contribution < -0.4 is 9.46 Å². The highest BCUT2D eigenvalue weighted by Gasteiger charge is 2.22. The van der Waals surface area contributed by atoms with Crippen LogP contribution in [0.15, 0.2) is 79.0 Å². The molecule has 0 saturated carbocycles. The smallest absolute Gasteiger partial charge is 0.214 e. The number of ether oxygens (including phenoxy) is 1. The molecule has 1 aromatic heterocycles. The summed E-state index contributed by atoms with van der Waals surface area (Å²) in [6, 6.07) is 21.0. The Morgan fingerprint density at radius 2 is 1.76 bits per heavy atom. The van der Waals surface area contributed by atoms with Crippen molar-refractivity contribution in [1.29, 1.82) is 0 Å². The molecule has 4 aromatic rings. The van der Waals surface area contributed by atoms with E-state index in [1.54, 1.807) is 36.9 Å². The quantitative estimate of drug-likeness (QED) is 0.394. The lowest BCUT2D eigenvalue weighted by Gasteiger charge is -2.21. The molecule has 8 heteroatoms. The third-order valence-corrected chi connectivity index (χ3v) is 7.24. The van der Waals surface area contributed by atoms with E-state index < -0.39 is 21.3 Å². The van der Waals surface area contributed by atoms with Crippen molar-refractivity contribution in [2.45, 2.75) is 31.6 Å². The van der Waals surface area contributed by atoms with Crippen LogP contribution >= 0.6 is 0 Å². The van der Waals surface area contributed by atoms with Crippen LogP contribution in [0, 0.1) is 5.82 Å². The zero-order valence-electron chi connectivity index (χ0n) is 18.5. The minimum Gasteiger partial charge on any atom is -0.492 e. The van der Waals surface area contributed by atoms with Gasteiger partial charge in [-0.15, -0.1) is 0 Å². The predicted octanol–water partition coefficient (Wildman–Crippen LogP) is 4.48. The molecule has 3 aromatic carbocycles. The Labute approximate surface area is 193 Å². The number of nitrogens with one attached hydrogen (secondary N) is 1. The van der Waals surface area contributed by atoms with Gasteiger partial charge in [-0.25, -0.2) is 22.2 Å². The zero-order chi connectivity index (χ0) is 23.4. The van der Waals surface area contributed by atoms with Crippen LogP contribution in [0.4, 0.5) is 4.39 Å². The normalized spacial score (nSPS) is 12.8. The lowest BCUT2D eigenvalue weighted by Crippen LogP contribution is -2.43. The average Bonchev–Trinajstić information content (AvgIpc) is 3.22. The van der Waals surface area contributed by atoms with Gasteiger partial charge in [0.25, 0.3) is 0 Å². The fourth-order valence-electron chi connectivity index (χ4n) is 3.49. The third-order valence-electron chi connectivity index (χ3n) is 5.34. The topological polar surface area (TPSA) is 73.2 Å². The molecule has 0 saturated heterocycles. The van der Waals surface area contributed by atoms with Crippen LogP contribution in [0.3, 0.4) is 0 Å². The number of benzene rings is 3. The minimum atomic E-state index is -3.46. The first-order valence-electron chi connectivity index (χ1n) is 10.7. The van der Waals surface area contributed by atoms with Crippen molar-refractivity contribution < 1.29 is 17.5 Å². The first-order chi connectivity index (χ1) is 15.8. The average molecular weight is 468 g/mol. The Balaban J connectivity index is 1.51. The molecule has 0 bridgehead atoms. The number of aromatic nitrogens is 2. The van der Waals surface area contributed by atoms with Gasteiger partial charge >= 0.3 is 0 Å². The van der Waals surface area contributed by atoms with E-state index in [4.69, 9.17) is 4.74 Å². The van der Waals surface area contributed by atoms with E-state index in [0.717, 1.165) is 22.2 Å². The fourth-order valence-corrected chi connectivity index (χ4v) is 4.38. The Morgan fingerprint density at radius 1 is 1.03 bits per heavy atom. The summed E-state index contributed by atoms with van der Waals surface area (Å²) in [5, 5.41) is 4.73. The Kier molecular flexibility index (Phi) is 6.76. The van der Waals surface area contributed by atoms with Gasteiger partial charge in [0, 0.05) is 5.39 Å². The maximum absolute atomic E-state index is 13.2. The van der Waals surface area contributed by atoms with Gasteiger partial charge in [-0.05, 0) is 68.3 Å². The highest BCUT2D eigenvalue weighted by atomic mass is 32.2. The van der Waals surface area contributed by atoms with Gasteiger partial charge in [0.2, 0.25) is 10.0 Å². The largest absolute Gasteiger partial charge is 0.492 e. The summed E-state index contributed by atoms with van der Waals surface area (Å²) in [4.78, 5) is 0. The molecular formula is C25H26FN3O3S. The van der Waals surface area contributed by atoms with E-state index >= 15 is 0 Å². The van der Waals surface area contributed by atoms with Crippen molar-refractivity contribution in [2.75, 3.05) is 6.61 Å². The van der Waals surface area contributed by atoms with Crippen molar-refractivity contribution >= 4 is 20.9 Å². The summed E-state index contributed by atoms with van der Waals surface area (Å²) in [6.07, 6.45) is 2.23. The van der Waals surface area contributed by atoms with Crippen molar-refractivity contribution in [2.24, 2.45) is 0 Å². The van der Waals surface area contributed by atoms with E-state index in [9.17, 15) is 12.8 Å². The van der Waals surface area contributed by atoms with Gasteiger partial charge in [-0.1, -0.05) is 30.3 Å². The van der Waals surface area contributed by atoms with Crippen LogP contribution in [-0.4, -0.2) is 36.1 Å². The highest BCUT2D eigenvalue weighted by Crippen LogP contribution is 2.24. The molecule has 4 rings (SSSR count). The molecule has 0 fully saturated rings. The maximum atomic E-state index is 13.2. The van der Waals surface area contributed by atoms with E-state index in [1.807, 2.05) is 48.5 Å². The Hall–Kier alpha value is -3.23. The first-order valence-corrected chi connectivity index (χ1v) is 12.3. The monoisotopic (exact) mass is 467 g/mol. The fraction of sp³-hybridized carbons (Fsp3) is 0.240. The van der Waals surface area contributed by atoms with Gasteiger partial charge in [0.1, 0.15) is 18.2 Å². The lowest BCUT2D eigenvalue weighted by atomic mass is 10.1. The molecular weight excluding hydrogens is 441 g/mol. The molecule has 6 nitrogen and oxygen atoms in total. The molecule has 0 amide bonds. The molecule has 0 aliphatic heterocycles. The second-order valence-electron chi connectivity index (χ2n) is 8.16. The second-order valence-corrected chi connectivity index (χ2v) is 10.4. The van der Waals surface area contributed by atoms with Crippen LogP contribution in [-0.2, 0) is 16.4 Å². The van der Waals surface area contributed by atoms with E-state index in [-0.39, 0.29) is 12.4 Å². The summed E-state index contributed by atoms with van der Waals surface area (Å²) in [5.41, 5.74) is 2.63. The molecule has 0 spiro atoms. The number of fused-ring (bicyclic) bond motifs is 1. The second kappa shape index (κ2) is 9.72. The van der Waals surface area contributed by atoms with E-state index in [1.165, 1.54) is 12.1 Å². The number of sulfonamides is 1. The van der Waals surface area contributed by atoms with Gasteiger partial charge in [0.05, 0.1) is 28.7 Å². The van der Waals surface area contributed by atoms with Gasteiger partial charge in [0.15, 0.2) is 0 Å². The summed E-state index contributed by atoms with van der Waals surface area (Å²) < 4.78 is 48.7. The molecule has 0 aliphatic rings. The third kappa shape index (κ3) is 5.58. The molecule has 0 radical (unpaired) electrons. The number of nitrogens with zero attached hydrogens (tertiary/aromatic N) is 2. The lowest BCUT2D eigenvalue weighted by molar-refractivity contribution is 0.278. The number of rotatable bonds is 9. The van der Waals surface area contributed by atoms with Crippen LogP contribution in [0.1, 0.15) is 19.4 Å². The van der Waals surface area contributed by atoms with Gasteiger partial charge in [-0.2, -0.15) is 5.10 Å². The number of halogens is 1. The number of hydrogen-bond donors (Lipinski definition) is 1. The Morgan fingerprint density at radius 3 is 2.45 bits per heavy atom. The highest BCUT2D eigenvalue weighted by molar-refractivity contribution is 7.90. The summed E-state index contributed by atoms with van der Waals surface area (Å²) in [6.45, 7) is 3.48.